The van der Waals surface area contributed by atoms with E-state index in [-0.39, 0.29) is 36.7 Å². The first-order chi connectivity index (χ1) is 11.5. The Kier molecular flexibility index (Phi) is 4.55. The van der Waals surface area contributed by atoms with Crippen LogP contribution in [0.15, 0.2) is 30.3 Å². The number of nitrogens with zero attached hydrogens (tertiary/aromatic N) is 2. The maximum absolute atomic E-state index is 12.6. The molecule has 2 aliphatic rings. The number of rotatable bonds is 4. The van der Waals surface area contributed by atoms with Crippen molar-refractivity contribution in [2.24, 2.45) is 11.8 Å². The monoisotopic (exact) mass is 330 g/mol. The lowest BCUT2D eigenvalue weighted by Gasteiger charge is -2.26. The molecule has 0 bridgehead atoms. The highest BCUT2D eigenvalue weighted by atomic mass is 16.4. The second-order valence-corrected chi connectivity index (χ2v) is 6.64. The lowest BCUT2D eigenvalue weighted by Crippen LogP contribution is -2.36. The SMILES string of the molecule is C[C@H](c1ccccc1)N1C[C@H](C(=O)N2CC[C@H](C(=O)O)C2)CC1=O. The Bertz CT molecular complexity index is 646. The summed E-state index contributed by atoms with van der Waals surface area (Å²) in [4.78, 5) is 39.4. The van der Waals surface area contributed by atoms with Crippen molar-refractivity contribution in [3.63, 3.8) is 0 Å². The normalized spacial score (nSPS) is 25.1. The number of amides is 2. The molecule has 2 aliphatic heterocycles. The number of benzene rings is 1. The molecule has 0 saturated carbocycles. The van der Waals surface area contributed by atoms with E-state index in [0.29, 0.717) is 19.5 Å². The first-order valence-electron chi connectivity index (χ1n) is 8.33. The van der Waals surface area contributed by atoms with E-state index in [2.05, 4.69) is 0 Å². The molecule has 1 N–H and O–H groups in total. The first-order valence-corrected chi connectivity index (χ1v) is 8.33. The molecule has 1 aromatic carbocycles. The summed E-state index contributed by atoms with van der Waals surface area (Å²) >= 11 is 0. The first kappa shape index (κ1) is 16.5. The van der Waals surface area contributed by atoms with E-state index in [1.165, 1.54) is 0 Å². The zero-order valence-electron chi connectivity index (χ0n) is 13.7. The van der Waals surface area contributed by atoms with Crippen LogP contribution in [0.25, 0.3) is 0 Å². The summed E-state index contributed by atoms with van der Waals surface area (Å²) in [5, 5.41) is 9.06. The summed E-state index contributed by atoms with van der Waals surface area (Å²) in [5.41, 5.74) is 1.05. The Morgan fingerprint density at radius 1 is 1.17 bits per heavy atom. The molecule has 3 rings (SSSR count). The van der Waals surface area contributed by atoms with Crippen LogP contribution >= 0.6 is 0 Å². The maximum Gasteiger partial charge on any atom is 0.308 e. The van der Waals surface area contributed by atoms with Gasteiger partial charge < -0.3 is 14.9 Å². The smallest absolute Gasteiger partial charge is 0.308 e. The minimum atomic E-state index is -0.855. The van der Waals surface area contributed by atoms with Crippen LogP contribution in [0.2, 0.25) is 0 Å². The number of carboxylic acid groups (broad SMARTS) is 1. The van der Waals surface area contributed by atoms with Crippen molar-refractivity contribution in [2.45, 2.75) is 25.8 Å². The van der Waals surface area contributed by atoms with Gasteiger partial charge in [0.05, 0.1) is 17.9 Å². The van der Waals surface area contributed by atoms with E-state index in [1.54, 1.807) is 9.80 Å². The fourth-order valence-electron chi connectivity index (χ4n) is 3.60. The van der Waals surface area contributed by atoms with Crippen molar-refractivity contribution >= 4 is 17.8 Å². The fourth-order valence-corrected chi connectivity index (χ4v) is 3.60. The van der Waals surface area contributed by atoms with Gasteiger partial charge in [0.2, 0.25) is 11.8 Å². The van der Waals surface area contributed by atoms with Crippen LogP contribution in [0.1, 0.15) is 31.4 Å². The third-order valence-corrected chi connectivity index (χ3v) is 5.11. The second kappa shape index (κ2) is 6.63. The average Bonchev–Trinajstić information content (AvgIpc) is 3.21. The van der Waals surface area contributed by atoms with Crippen LogP contribution in [0.5, 0.6) is 0 Å². The molecule has 0 unspecified atom stereocenters. The number of carboxylic acids is 1. The summed E-state index contributed by atoms with van der Waals surface area (Å²) in [5.74, 6) is -1.80. The van der Waals surface area contributed by atoms with Crippen LogP contribution in [0, 0.1) is 11.8 Å². The van der Waals surface area contributed by atoms with Crippen molar-refractivity contribution < 1.29 is 19.5 Å². The second-order valence-electron chi connectivity index (χ2n) is 6.64. The Morgan fingerprint density at radius 2 is 1.88 bits per heavy atom. The molecule has 0 aliphatic carbocycles. The van der Waals surface area contributed by atoms with Gasteiger partial charge in [-0.3, -0.25) is 14.4 Å². The number of aliphatic carboxylic acids is 1. The Balaban J connectivity index is 1.64. The third kappa shape index (κ3) is 3.13. The van der Waals surface area contributed by atoms with Gasteiger partial charge in [-0.05, 0) is 18.9 Å². The van der Waals surface area contributed by atoms with Crippen LogP contribution in [-0.4, -0.2) is 52.3 Å². The molecule has 0 aromatic heterocycles. The summed E-state index contributed by atoms with van der Waals surface area (Å²) < 4.78 is 0. The molecule has 1 aromatic rings. The molecule has 2 saturated heterocycles. The lowest BCUT2D eigenvalue weighted by atomic mass is 10.1. The fraction of sp³-hybridized carbons (Fsp3) is 0.500. The summed E-state index contributed by atoms with van der Waals surface area (Å²) in [6.07, 6.45) is 0.704. The number of likely N-dealkylation sites (tertiary alicyclic amines) is 2. The molecular weight excluding hydrogens is 308 g/mol. The van der Waals surface area contributed by atoms with Crippen molar-refractivity contribution in [1.29, 1.82) is 0 Å². The lowest BCUT2D eigenvalue weighted by molar-refractivity contribution is -0.141. The van der Waals surface area contributed by atoms with E-state index in [1.807, 2.05) is 37.3 Å². The Morgan fingerprint density at radius 3 is 2.50 bits per heavy atom. The van der Waals surface area contributed by atoms with E-state index in [4.69, 9.17) is 5.11 Å². The molecule has 0 spiro atoms. The minimum absolute atomic E-state index is 0.0151. The van der Waals surface area contributed by atoms with Crippen LogP contribution in [0.3, 0.4) is 0 Å². The number of hydrogen-bond donors (Lipinski definition) is 1. The number of carbonyl (C=O) groups excluding carboxylic acids is 2. The van der Waals surface area contributed by atoms with Crippen LogP contribution in [0.4, 0.5) is 0 Å². The van der Waals surface area contributed by atoms with Gasteiger partial charge in [-0.2, -0.15) is 0 Å². The molecule has 128 valence electrons. The molecule has 2 amide bonds. The third-order valence-electron chi connectivity index (χ3n) is 5.11. The number of hydrogen-bond acceptors (Lipinski definition) is 3. The van der Waals surface area contributed by atoms with Gasteiger partial charge in [-0.25, -0.2) is 0 Å². The molecule has 24 heavy (non-hydrogen) atoms. The van der Waals surface area contributed by atoms with Crippen molar-refractivity contribution in [2.75, 3.05) is 19.6 Å². The molecule has 6 heteroatoms. The van der Waals surface area contributed by atoms with Gasteiger partial charge in [0.1, 0.15) is 0 Å². The van der Waals surface area contributed by atoms with Gasteiger partial charge >= 0.3 is 5.97 Å². The highest BCUT2D eigenvalue weighted by Crippen LogP contribution is 2.30. The summed E-state index contributed by atoms with van der Waals surface area (Å²) in [6.45, 7) is 3.10. The van der Waals surface area contributed by atoms with Crippen molar-refractivity contribution in [3.05, 3.63) is 35.9 Å². The maximum atomic E-state index is 12.6. The molecular formula is C18H22N2O4. The summed E-state index contributed by atoms with van der Waals surface area (Å²) in [7, 11) is 0. The largest absolute Gasteiger partial charge is 0.481 e. The van der Waals surface area contributed by atoms with Gasteiger partial charge in [0, 0.05) is 26.1 Å². The zero-order valence-corrected chi connectivity index (χ0v) is 13.7. The predicted octanol–water partition coefficient (Wildman–Crippen LogP) is 1.53. The van der Waals surface area contributed by atoms with Crippen LogP contribution in [-0.2, 0) is 14.4 Å². The molecule has 0 radical (unpaired) electrons. The highest BCUT2D eigenvalue weighted by Gasteiger charge is 2.41. The Labute approximate surface area is 141 Å². The molecule has 3 atom stereocenters. The van der Waals surface area contributed by atoms with E-state index in [0.717, 1.165) is 5.56 Å². The Hall–Kier alpha value is -2.37. The standard InChI is InChI=1S/C18H22N2O4/c1-12(13-5-3-2-4-6-13)20-11-15(9-16(20)21)17(22)19-8-7-14(10-19)18(23)24/h2-6,12,14-15H,7-11H2,1H3,(H,23,24)/t12-,14+,15-/m1/s1. The van der Waals surface area contributed by atoms with E-state index < -0.39 is 11.9 Å². The van der Waals surface area contributed by atoms with Gasteiger partial charge in [-0.1, -0.05) is 30.3 Å². The summed E-state index contributed by atoms with van der Waals surface area (Å²) in [6, 6.07) is 9.69. The quantitative estimate of drug-likeness (QED) is 0.908. The molecule has 6 nitrogen and oxygen atoms in total. The van der Waals surface area contributed by atoms with E-state index >= 15 is 0 Å². The minimum Gasteiger partial charge on any atom is -0.481 e. The topological polar surface area (TPSA) is 77.9 Å². The van der Waals surface area contributed by atoms with E-state index in [9.17, 15) is 14.4 Å². The van der Waals surface area contributed by atoms with Crippen molar-refractivity contribution in [1.82, 2.24) is 9.80 Å². The van der Waals surface area contributed by atoms with Crippen molar-refractivity contribution in [3.8, 4) is 0 Å². The van der Waals surface area contributed by atoms with Crippen LogP contribution < -0.4 is 0 Å². The van der Waals surface area contributed by atoms with Gasteiger partial charge in [0.15, 0.2) is 0 Å². The zero-order chi connectivity index (χ0) is 17.3. The average molecular weight is 330 g/mol. The molecule has 2 fully saturated rings. The van der Waals surface area contributed by atoms with Gasteiger partial charge in [-0.15, -0.1) is 0 Å². The predicted molar refractivity (Wildman–Crippen MR) is 87.0 cm³/mol. The molecule has 2 heterocycles. The van der Waals surface area contributed by atoms with Gasteiger partial charge in [0.25, 0.3) is 0 Å². The number of carbonyl (C=O) groups is 3. The highest BCUT2D eigenvalue weighted by molar-refractivity contribution is 5.90.